The lowest BCUT2D eigenvalue weighted by Crippen LogP contribution is -2.27. The van der Waals surface area contributed by atoms with Crippen LogP contribution in [0.3, 0.4) is 0 Å². The molecule has 2 heterocycles. The van der Waals surface area contributed by atoms with Gasteiger partial charge in [0, 0.05) is 23.9 Å². The zero-order valence-corrected chi connectivity index (χ0v) is 18.7. The van der Waals surface area contributed by atoms with Crippen molar-refractivity contribution in [2.24, 2.45) is 5.73 Å². The maximum atomic E-state index is 14.2. The molecule has 3 N–H and O–H groups in total. The number of H-pyrrole nitrogens is 1. The number of rotatable bonds is 3. The summed E-state index contributed by atoms with van der Waals surface area (Å²) in [5.41, 5.74) is 4.27. The van der Waals surface area contributed by atoms with E-state index in [1.54, 1.807) is 13.0 Å². The largest absolute Gasteiger partial charge is 0.497 e. The standard InChI is InChI=1S/C16H18FN3O2.C8H7F3O/c1-16(17)5-2-3-9(8-16)11-7-12(21)13-10(20-11)4-6-19-14(13)15(18)22;1-12-7-4-2-6(3-5-7)8(9,10)11/h4,6-7,9H,2-3,5,8H2,1H3,(H2,18,22)(H,20,21);2-5H,1H3/t9-,16?;/m0./s1. The summed E-state index contributed by atoms with van der Waals surface area (Å²) >= 11 is 0. The molecular weight excluding hydrogens is 454 g/mol. The van der Waals surface area contributed by atoms with Crippen molar-refractivity contribution in [2.75, 3.05) is 7.11 Å². The first-order valence-electron chi connectivity index (χ1n) is 10.6. The highest BCUT2D eigenvalue weighted by Crippen LogP contribution is 2.40. The molecular formula is C24H25F4N3O3. The minimum absolute atomic E-state index is 0.0222. The topological polar surface area (TPSA) is 98.1 Å². The average molecular weight is 479 g/mol. The number of methoxy groups -OCH3 is 1. The number of pyridine rings is 2. The molecule has 0 saturated heterocycles. The summed E-state index contributed by atoms with van der Waals surface area (Å²) in [6.07, 6.45) is -0.261. The lowest BCUT2D eigenvalue weighted by Gasteiger charge is -2.32. The molecule has 2 aromatic heterocycles. The molecule has 1 unspecified atom stereocenters. The monoisotopic (exact) mass is 479 g/mol. The fourth-order valence-corrected chi connectivity index (χ4v) is 4.11. The van der Waals surface area contributed by atoms with Gasteiger partial charge in [-0.15, -0.1) is 0 Å². The predicted molar refractivity (Wildman–Crippen MR) is 120 cm³/mol. The quantitative estimate of drug-likeness (QED) is 0.510. The number of aromatic amines is 1. The number of nitrogens with zero attached hydrogens (tertiary/aromatic N) is 1. The third kappa shape index (κ3) is 5.92. The highest BCUT2D eigenvalue weighted by Gasteiger charge is 2.33. The van der Waals surface area contributed by atoms with Gasteiger partial charge in [-0.25, -0.2) is 4.39 Å². The number of nitrogens with one attached hydrogen (secondary N) is 1. The second kappa shape index (κ2) is 9.82. The SMILES string of the molecule is CC1(F)CCC[C@H](c2cc(=O)c3c(C(N)=O)nccc3[nH]2)C1.COc1ccc(C(F)(F)F)cc1. The summed E-state index contributed by atoms with van der Waals surface area (Å²) < 4.78 is 54.9. The predicted octanol–water partition coefficient (Wildman–Crippen LogP) is 5.12. The Morgan fingerprint density at radius 2 is 1.91 bits per heavy atom. The molecule has 1 aliphatic rings. The number of carbonyl (C=O) groups is 1. The molecule has 10 heteroatoms. The first kappa shape index (κ1) is 25.2. The number of carbonyl (C=O) groups excluding carboxylic acids is 1. The Hall–Kier alpha value is -3.43. The lowest BCUT2D eigenvalue weighted by atomic mass is 9.78. The number of hydrogen-bond donors (Lipinski definition) is 2. The number of aromatic nitrogens is 2. The molecule has 1 aliphatic carbocycles. The number of hydrogen-bond acceptors (Lipinski definition) is 4. The summed E-state index contributed by atoms with van der Waals surface area (Å²) in [6, 6.07) is 7.61. The van der Waals surface area contributed by atoms with E-state index < -0.39 is 23.3 Å². The summed E-state index contributed by atoms with van der Waals surface area (Å²) in [4.78, 5) is 30.8. The van der Waals surface area contributed by atoms with Gasteiger partial charge in [0.1, 0.15) is 17.1 Å². The van der Waals surface area contributed by atoms with Crippen molar-refractivity contribution >= 4 is 16.8 Å². The number of fused-ring (bicyclic) bond motifs is 1. The Morgan fingerprint density at radius 3 is 2.47 bits per heavy atom. The average Bonchev–Trinajstić information content (AvgIpc) is 2.77. The zero-order chi connectivity index (χ0) is 25.1. The normalized spacial score (nSPS) is 20.4. The molecule has 2 atom stereocenters. The first-order chi connectivity index (χ1) is 15.9. The van der Waals surface area contributed by atoms with Crippen molar-refractivity contribution < 1.29 is 27.1 Å². The molecule has 34 heavy (non-hydrogen) atoms. The molecule has 3 aromatic rings. The van der Waals surface area contributed by atoms with Crippen molar-refractivity contribution in [1.82, 2.24) is 9.97 Å². The third-order valence-electron chi connectivity index (χ3n) is 5.78. The van der Waals surface area contributed by atoms with Gasteiger partial charge in [-0.2, -0.15) is 13.2 Å². The summed E-state index contributed by atoms with van der Waals surface area (Å²) in [7, 11) is 1.41. The van der Waals surface area contributed by atoms with Crippen LogP contribution in [0.4, 0.5) is 17.6 Å². The fourth-order valence-electron chi connectivity index (χ4n) is 4.11. The number of benzene rings is 1. The third-order valence-corrected chi connectivity index (χ3v) is 5.78. The Morgan fingerprint density at radius 1 is 1.24 bits per heavy atom. The molecule has 0 bridgehead atoms. The van der Waals surface area contributed by atoms with Crippen LogP contribution in [0.15, 0.2) is 47.4 Å². The van der Waals surface area contributed by atoms with E-state index >= 15 is 0 Å². The van der Waals surface area contributed by atoms with Gasteiger partial charge in [0.05, 0.1) is 23.6 Å². The van der Waals surface area contributed by atoms with E-state index in [2.05, 4.69) is 9.97 Å². The van der Waals surface area contributed by atoms with Gasteiger partial charge in [-0.1, -0.05) is 0 Å². The highest BCUT2D eigenvalue weighted by atomic mass is 19.4. The Balaban J connectivity index is 0.000000229. The fraction of sp³-hybridized carbons (Fsp3) is 0.375. The minimum Gasteiger partial charge on any atom is -0.497 e. The first-order valence-corrected chi connectivity index (χ1v) is 10.6. The van der Waals surface area contributed by atoms with E-state index in [1.807, 2.05) is 0 Å². The highest BCUT2D eigenvalue weighted by molar-refractivity contribution is 6.03. The number of alkyl halides is 4. The van der Waals surface area contributed by atoms with Crippen LogP contribution in [0.25, 0.3) is 10.9 Å². The van der Waals surface area contributed by atoms with Crippen LogP contribution in [0.2, 0.25) is 0 Å². The van der Waals surface area contributed by atoms with Gasteiger partial charge in [0.15, 0.2) is 5.43 Å². The minimum atomic E-state index is -4.27. The maximum absolute atomic E-state index is 14.2. The van der Waals surface area contributed by atoms with E-state index in [0.717, 1.165) is 25.0 Å². The van der Waals surface area contributed by atoms with Gasteiger partial charge < -0.3 is 15.5 Å². The van der Waals surface area contributed by atoms with Crippen LogP contribution in [-0.2, 0) is 6.18 Å². The smallest absolute Gasteiger partial charge is 0.416 e. The second-order valence-electron chi connectivity index (χ2n) is 8.47. The van der Waals surface area contributed by atoms with Gasteiger partial charge in [-0.3, -0.25) is 14.6 Å². The molecule has 0 aliphatic heterocycles. The van der Waals surface area contributed by atoms with Crippen molar-refractivity contribution in [3.63, 3.8) is 0 Å². The van der Waals surface area contributed by atoms with E-state index in [0.29, 0.717) is 29.8 Å². The van der Waals surface area contributed by atoms with Crippen LogP contribution in [0.5, 0.6) is 5.75 Å². The maximum Gasteiger partial charge on any atom is 0.416 e. The van der Waals surface area contributed by atoms with E-state index in [9.17, 15) is 27.2 Å². The number of amides is 1. The Bertz CT molecular complexity index is 1220. The van der Waals surface area contributed by atoms with Gasteiger partial charge in [0.25, 0.3) is 5.91 Å². The molecule has 4 rings (SSSR count). The lowest BCUT2D eigenvalue weighted by molar-refractivity contribution is -0.137. The molecule has 0 radical (unpaired) electrons. The summed E-state index contributed by atoms with van der Waals surface area (Å²) in [6.45, 7) is 1.60. The van der Waals surface area contributed by atoms with Crippen LogP contribution in [-0.4, -0.2) is 28.7 Å². The molecule has 0 spiro atoms. The summed E-state index contributed by atoms with van der Waals surface area (Å²) in [5, 5.41) is 0.192. The van der Waals surface area contributed by atoms with Crippen LogP contribution >= 0.6 is 0 Å². The van der Waals surface area contributed by atoms with Crippen LogP contribution in [0.1, 0.15) is 60.3 Å². The second-order valence-corrected chi connectivity index (χ2v) is 8.47. The number of ether oxygens (including phenoxy) is 1. The Labute approximate surface area is 193 Å². The van der Waals surface area contributed by atoms with Crippen molar-refractivity contribution in [3.05, 3.63) is 69.8 Å². The Kier molecular flexibility index (Phi) is 7.28. The molecule has 182 valence electrons. The van der Waals surface area contributed by atoms with E-state index in [1.165, 1.54) is 31.5 Å². The van der Waals surface area contributed by atoms with Crippen molar-refractivity contribution in [3.8, 4) is 5.75 Å². The molecule has 1 amide bonds. The summed E-state index contributed by atoms with van der Waals surface area (Å²) in [5.74, 6) is -0.341. The van der Waals surface area contributed by atoms with Gasteiger partial charge in [0.2, 0.25) is 0 Å². The molecule has 1 saturated carbocycles. The van der Waals surface area contributed by atoms with Crippen LogP contribution in [0, 0.1) is 0 Å². The van der Waals surface area contributed by atoms with E-state index in [4.69, 9.17) is 10.5 Å². The van der Waals surface area contributed by atoms with E-state index in [-0.39, 0.29) is 22.4 Å². The van der Waals surface area contributed by atoms with Gasteiger partial charge >= 0.3 is 6.18 Å². The number of nitrogens with two attached hydrogens (primary N) is 1. The zero-order valence-electron chi connectivity index (χ0n) is 18.7. The number of primary amides is 1. The number of halogens is 4. The molecule has 1 aromatic carbocycles. The van der Waals surface area contributed by atoms with Crippen molar-refractivity contribution in [1.29, 1.82) is 0 Å². The van der Waals surface area contributed by atoms with Gasteiger partial charge in [-0.05, 0) is 62.9 Å². The van der Waals surface area contributed by atoms with Crippen LogP contribution < -0.4 is 15.9 Å². The van der Waals surface area contributed by atoms with Crippen molar-refractivity contribution in [2.45, 2.75) is 50.4 Å². The molecule has 6 nitrogen and oxygen atoms in total. The molecule has 1 fully saturated rings.